The van der Waals surface area contributed by atoms with E-state index in [4.69, 9.17) is 0 Å². The van der Waals surface area contributed by atoms with E-state index in [1.165, 1.54) is 12.8 Å². The third-order valence-corrected chi connectivity index (χ3v) is 3.28. The van der Waals surface area contributed by atoms with Gasteiger partial charge in [0.25, 0.3) is 0 Å². The molecule has 0 spiro atoms. The Hall–Kier alpha value is -0.640. The van der Waals surface area contributed by atoms with Crippen molar-refractivity contribution in [2.24, 2.45) is 0 Å². The van der Waals surface area contributed by atoms with E-state index < -0.39 is 0 Å². The van der Waals surface area contributed by atoms with Crippen molar-refractivity contribution in [2.45, 2.75) is 31.8 Å². The van der Waals surface area contributed by atoms with Crippen LogP contribution < -0.4 is 5.32 Å². The molecule has 78 valence electrons. The Morgan fingerprint density at radius 3 is 3.14 bits per heavy atom. The third-order valence-electron chi connectivity index (χ3n) is 2.46. The van der Waals surface area contributed by atoms with Gasteiger partial charge in [0.05, 0.1) is 0 Å². The molecule has 1 heterocycles. The summed E-state index contributed by atoms with van der Waals surface area (Å²) in [5.41, 5.74) is 0. The van der Waals surface area contributed by atoms with Crippen LogP contribution in [0.25, 0.3) is 0 Å². The highest BCUT2D eigenvalue weighted by molar-refractivity contribution is 7.98. The van der Waals surface area contributed by atoms with Crippen molar-refractivity contribution in [1.29, 1.82) is 0 Å². The molecule has 0 saturated heterocycles. The molecule has 4 heteroatoms. The molecule has 0 aromatic carbocycles. The van der Waals surface area contributed by atoms with Gasteiger partial charge in [0.1, 0.15) is 0 Å². The standard InChI is InChI=1S/C10H17N3S/c1-8(7-14-2)13-6-5-11-10(13)12-9-3-4-9/h5-6,8-9H,3-4,7H2,1-2H3,(H,11,12). The Kier molecular flexibility index (Phi) is 3.01. The number of nitrogens with one attached hydrogen (secondary N) is 1. The van der Waals surface area contributed by atoms with Gasteiger partial charge in [-0.1, -0.05) is 0 Å². The van der Waals surface area contributed by atoms with E-state index in [0.717, 1.165) is 11.7 Å². The summed E-state index contributed by atoms with van der Waals surface area (Å²) < 4.78 is 2.23. The van der Waals surface area contributed by atoms with Gasteiger partial charge in [-0.05, 0) is 26.0 Å². The summed E-state index contributed by atoms with van der Waals surface area (Å²) in [4.78, 5) is 4.34. The minimum absolute atomic E-state index is 0.522. The predicted octanol–water partition coefficient (Wildman–Crippen LogP) is 2.38. The summed E-state index contributed by atoms with van der Waals surface area (Å²) in [5, 5.41) is 3.45. The zero-order valence-corrected chi connectivity index (χ0v) is 9.55. The molecule has 0 bridgehead atoms. The van der Waals surface area contributed by atoms with Gasteiger partial charge in [0.15, 0.2) is 0 Å². The maximum absolute atomic E-state index is 4.34. The van der Waals surface area contributed by atoms with Gasteiger partial charge in [-0.2, -0.15) is 11.8 Å². The van der Waals surface area contributed by atoms with Crippen LogP contribution in [0.2, 0.25) is 0 Å². The van der Waals surface area contributed by atoms with Gasteiger partial charge >= 0.3 is 0 Å². The molecule has 3 nitrogen and oxygen atoms in total. The molecule has 1 aliphatic rings. The van der Waals surface area contributed by atoms with Gasteiger partial charge < -0.3 is 9.88 Å². The van der Waals surface area contributed by atoms with Crippen LogP contribution >= 0.6 is 11.8 Å². The molecule has 1 aromatic heterocycles. The van der Waals surface area contributed by atoms with Gasteiger partial charge in [-0.15, -0.1) is 0 Å². The van der Waals surface area contributed by atoms with Crippen LogP contribution in [0.3, 0.4) is 0 Å². The van der Waals surface area contributed by atoms with Gasteiger partial charge in [0, 0.05) is 30.2 Å². The first-order valence-electron chi connectivity index (χ1n) is 5.09. The number of thioether (sulfide) groups is 1. The second-order valence-electron chi connectivity index (χ2n) is 3.88. The van der Waals surface area contributed by atoms with Crippen LogP contribution in [0.5, 0.6) is 0 Å². The molecule has 1 aliphatic carbocycles. The van der Waals surface area contributed by atoms with Crippen molar-refractivity contribution in [3.05, 3.63) is 12.4 Å². The Bertz CT molecular complexity index is 293. The number of aromatic nitrogens is 2. The number of hydrogen-bond acceptors (Lipinski definition) is 3. The first-order valence-corrected chi connectivity index (χ1v) is 6.49. The molecule has 1 aromatic rings. The van der Waals surface area contributed by atoms with Crippen molar-refractivity contribution in [3.63, 3.8) is 0 Å². The number of imidazole rings is 1. The maximum Gasteiger partial charge on any atom is 0.203 e. The fourth-order valence-corrected chi connectivity index (χ4v) is 2.16. The molecule has 1 fully saturated rings. The fourth-order valence-electron chi connectivity index (χ4n) is 1.51. The second-order valence-corrected chi connectivity index (χ2v) is 4.79. The van der Waals surface area contributed by atoms with E-state index >= 15 is 0 Å². The van der Waals surface area contributed by atoms with Crippen molar-refractivity contribution >= 4 is 17.7 Å². The number of anilines is 1. The van der Waals surface area contributed by atoms with Gasteiger partial charge in [-0.25, -0.2) is 4.98 Å². The van der Waals surface area contributed by atoms with E-state index in [1.54, 1.807) is 0 Å². The molecule has 1 unspecified atom stereocenters. The fraction of sp³-hybridized carbons (Fsp3) is 0.700. The molecular weight excluding hydrogens is 194 g/mol. The molecule has 0 aliphatic heterocycles. The van der Waals surface area contributed by atoms with Crippen molar-refractivity contribution in [1.82, 2.24) is 9.55 Å². The molecular formula is C10H17N3S. The highest BCUT2D eigenvalue weighted by Gasteiger charge is 2.23. The van der Waals surface area contributed by atoms with Crippen LogP contribution in [0.4, 0.5) is 5.95 Å². The smallest absolute Gasteiger partial charge is 0.203 e. The zero-order valence-electron chi connectivity index (χ0n) is 8.73. The Labute approximate surface area is 89.3 Å². The first-order chi connectivity index (χ1) is 6.81. The maximum atomic E-state index is 4.34. The predicted molar refractivity (Wildman–Crippen MR) is 62.0 cm³/mol. The Morgan fingerprint density at radius 2 is 2.50 bits per heavy atom. The number of hydrogen-bond donors (Lipinski definition) is 1. The van der Waals surface area contributed by atoms with Crippen LogP contribution in [0.1, 0.15) is 25.8 Å². The minimum atomic E-state index is 0.522. The molecule has 1 N–H and O–H groups in total. The topological polar surface area (TPSA) is 29.9 Å². The van der Waals surface area contributed by atoms with Crippen LogP contribution in [0.15, 0.2) is 12.4 Å². The zero-order chi connectivity index (χ0) is 9.97. The molecule has 1 saturated carbocycles. The summed E-state index contributed by atoms with van der Waals surface area (Å²) in [6.07, 6.45) is 8.67. The van der Waals surface area contributed by atoms with Crippen molar-refractivity contribution in [2.75, 3.05) is 17.3 Å². The third kappa shape index (κ3) is 2.23. The molecule has 0 radical (unpaired) electrons. The SMILES string of the molecule is CSCC(C)n1ccnc1NC1CC1. The normalized spacial score (nSPS) is 18.1. The molecule has 0 amide bonds. The second kappa shape index (κ2) is 4.26. The van der Waals surface area contributed by atoms with Gasteiger partial charge in [0.2, 0.25) is 5.95 Å². The largest absolute Gasteiger partial charge is 0.353 e. The lowest BCUT2D eigenvalue weighted by Crippen LogP contribution is -2.13. The summed E-state index contributed by atoms with van der Waals surface area (Å²) >= 11 is 1.87. The van der Waals surface area contributed by atoms with E-state index in [9.17, 15) is 0 Å². The highest BCUT2D eigenvalue weighted by Crippen LogP contribution is 2.25. The number of rotatable bonds is 5. The van der Waals surface area contributed by atoms with Crippen LogP contribution in [0, 0.1) is 0 Å². The van der Waals surface area contributed by atoms with Crippen molar-refractivity contribution in [3.8, 4) is 0 Å². The lowest BCUT2D eigenvalue weighted by atomic mass is 10.4. The monoisotopic (exact) mass is 211 g/mol. The highest BCUT2D eigenvalue weighted by atomic mass is 32.2. The van der Waals surface area contributed by atoms with E-state index in [-0.39, 0.29) is 0 Å². The van der Waals surface area contributed by atoms with Gasteiger partial charge in [-0.3, -0.25) is 0 Å². The van der Waals surface area contributed by atoms with Crippen LogP contribution in [-0.4, -0.2) is 27.6 Å². The van der Waals surface area contributed by atoms with E-state index in [2.05, 4.69) is 34.2 Å². The quantitative estimate of drug-likeness (QED) is 0.811. The first kappa shape index (κ1) is 9.90. The Morgan fingerprint density at radius 1 is 1.71 bits per heavy atom. The average Bonchev–Trinajstić information content (AvgIpc) is 2.82. The Balaban J connectivity index is 2.03. The molecule has 1 atom stereocenters. The minimum Gasteiger partial charge on any atom is -0.353 e. The molecule has 14 heavy (non-hydrogen) atoms. The van der Waals surface area contributed by atoms with Crippen molar-refractivity contribution < 1.29 is 0 Å². The summed E-state index contributed by atoms with van der Waals surface area (Å²) in [6.45, 7) is 2.23. The van der Waals surface area contributed by atoms with E-state index in [0.29, 0.717) is 12.1 Å². The molecule has 2 rings (SSSR count). The summed E-state index contributed by atoms with van der Waals surface area (Å²) in [5.74, 6) is 2.17. The average molecular weight is 211 g/mol. The summed E-state index contributed by atoms with van der Waals surface area (Å²) in [6, 6.07) is 1.20. The number of nitrogens with zero attached hydrogens (tertiary/aromatic N) is 2. The van der Waals surface area contributed by atoms with E-state index in [1.807, 2.05) is 18.0 Å². The summed E-state index contributed by atoms with van der Waals surface area (Å²) in [7, 11) is 0. The lowest BCUT2D eigenvalue weighted by Gasteiger charge is -2.15. The lowest BCUT2D eigenvalue weighted by molar-refractivity contribution is 0.614. The van der Waals surface area contributed by atoms with Crippen LogP contribution in [-0.2, 0) is 0 Å².